The molecule has 98 valence electrons. The second-order valence-corrected chi connectivity index (χ2v) is 5.91. The molecule has 0 saturated carbocycles. The molecule has 3 heterocycles. The maximum Gasteiger partial charge on any atom is 0.271 e. The molecule has 0 atom stereocenters. The van der Waals surface area contributed by atoms with E-state index in [0.717, 1.165) is 5.56 Å². The summed E-state index contributed by atoms with van der Waals surface area (Å²) in [5.74, 6) is 0.592. The van der Waals surface area contributed by atoms with Crippen molar-refractivity contribution in [1.29, 1.82) is 0 Å². The third-order valence-corrected chi connectivity index (χ3v) is 3.77. The molecule has 3 rings (SSSR count). The summed E-state index contributed by atoms with van der Waals surface area (Å²) in [5, 5.41) is 12.2. The van der Waals surface area contributed by atoms with Crippen LogP contribution in [0.15, 0.2) is 43.2 Å². The minimum absolute atomic E-state index is 0.167. The molecule has 0 radical (unpaired) electrons. The van der Waals surface area contributed by atoms with E-state index in [9.17, 15) is 8.42 Å². The van der Waals surface area contributed by atoms with Crippen molar-refractivity contribution >= 4 is 21.4 Å². The molecule has 0 fully saturated rings. The van der Waals surface area contributed by atoms with Crippen LogP contribution in [0, 0.1) is 0 Å². The molecule has 0 amide bonds. The van der Waals surface area contributed by atoms with Crippen LogP contribution in [0.2, 0.25) is 0 Å². The first kappa shape index (κ1) is 12.1. The summed E-state index contributed by atoms with van der Waals surface area (Å²) in [6, 6.07) is 3.09. The molecule has 0 saturated heterocycles. The molecule has 0 spiro atoms. The van der Waals surface area contributed by atoms with E-state index in [4.69, 9.17) is 14.1 Å². The van der Waals surface area contributed by atoms with Gasteiger partial charge in [0.25, 0.3) is 15.9 Å². The van der Waals surface area contributed by atoms with E-state index in [1.165, 1.54) is 23.7 Å². The van der Waals surface area contributed by atoms with E-state index < -0.39 is 10.0 Å². The predicted molar refractivity (Wildman–Crippen MR) is 66.7 cm³/mol. The molecule has 2 N–H and O–H groups in total. The smallest absolute Gasteiger partial charge is 0.271 e. The van der Waals surface area contributed by atoms with E-state index in [1.807, 2.05) is 16.8 Å². The average molecular weight is 297 g/mol. The normalized spacial score (nSPS) is 11.8. The summed E-state index contributed by atoms with van der Waals surface area (Å²) < 4.78 is 32.1. The highest BCUT2D eigenvalue weighted by atomic mass is 32.2. The number of nitrogens with two attached hydrogens (primary N) is 1. The number of primary sulfonamides is 1. The lowest BCUT2D eigenvalue weighted by molar-refractivity contribution is 0.429. The predicted octanol–water partition coefficient (Wildman–Crippen LogP) is 1.71. The number of rotatable bonds is 3. The van der Waals surface area contributed by atoms with Gasteiger partial charge in [-0.1, -0.05) is 5.16 Å². The highest BCUT2D eigenvalue weighted by Gasteiger charge is 2.18. The van der Waals surface area contributed by atoms with Crippen molar-refractivity contribution in [3.05, 3.63) is 29.2 Å². The molecular formula is C10H7N3O4S2. The average Bonchev–Trinajstić information content (AvgIpc) is 3.10. The Hall–Kier alpha value is -1.97. The van der Waals surface area contributed by atoms with Crippen LogP contribution in [0.25, 0.3) is 22.8 Å². The Morgan fingerprint density at radius 2 is 2.16 bits per heavy atom. The lowest BCUT2D eigenvalue weighted by Crippen LogP contribution is -2.10. The summed E-state index contributed by atoms with van der Waals surface area (Å²) >= 11 is 1.51. The number of furan rings is 1. The molecule has 3 aromatic rings. The van der Waals surface area contributed by atoms with Crippen molar-refractivity contribution in [2.45, 2.75) is 5.09 Å². The van der Waals surface area contributed by atoms with Gasteiger partial charge in [-0.25, -0.2) is 13.6 Å². The molecule has 0 unspecified atom stereocenters. The Labute approximate surface area is 111 Å². The van der Waals surface area contributed by atoms with E-state index in [-0.39, 0.29) is 11.0 Å². The molecule has 0 aliphatic heterocycles. The van der Waals surface area contributed by atoms with Crippen molar-refractivity contribution in [2.24, 2.45) is 5.14 Å². The molecular weight excluding hydrogens is 290 g/mol. The number of hydrogen-bond donors (Lipinski definition) is 1. The van der Waals surface area contributed by atoms with Gasteiger partial charge < -0.3 is 8.94 Å². The third-order valence-electron chi connectivity index (χ3n) is 2.31. The monoisotopic (exact) mass is 297 g/mol. The molecule has 0 aliphatic rings. The number of hydrogen-bond acceptors (Lipinski definition) is 7. The van der Waals surface area contributed by atoms with Gasteiger partial charge in [-0.05, 0) is 11.4 Å². The molecule has 0 aromatic carbocycles. The van der Waals surface area contributed by atoms with Gasteiger partial charge in [0.15, 0.2) is 0 Å². The zero-order valence-electron chi connectivity index (χ0n) is 9.31. The zero-order valence-corrected chi connectivity index (χ0v) is 10.9. The fraction of sp³-hybridized carbons (Fsp3) is 0. The van der Waals surface area contributed by atoms with Gasteiger partial charge in [0.05, 0.1) is 5.56 Å². The van der Waals surface area contributed by atoms with Crippen LogP contribution in [0.1, 0.15) is 0 Å². The lowest BCUT2D eigenvalue weighted by atomic mass is 10.3. The fourth-order valence-corrected chi connectivity index (χ4v) is 2.54. The Kier molecular flexibility index (Phi) is 2.73. The summed E-state index contributed by atoms with van der Waals surface area (Å²) in [5.41, 5.74) is 1.19. The Morgan fingerprint density at radius 1 is 1.32 bits per heavy atom. The Balaban J connectivity index is 1.97. The van der Waals surface area contributed by atoms with Crippen LogP contribution in [-0.4, -0.2) is 18.6 Å². The van der Waals surface area contributed by atoms with E-state index in [0.29, 0.717) is 11.4 Å². The van der Waals surface area contributed by atoms with Gasteiger partial charge in [-0.2, -0.15) is 16.3 Å². The van der Waals surface area contributed by atoms with Gasteiger partial charge in [0.2, 0.25) is 10.9 Å². The van der Waals surface area contributed by atoms with Crippen LogP contribution >= 0.6 is 11.3 Å². The maximum atomic E-state index is 11.1. The first-order valence-electron chi connectivity index (χ1n) is 5.02. The maximum absolute atomic E-state index is 11.1. The minimum atomic E-state index is -3.88. The van der Waals surface area contributed by atoms with Crippen molar-refractivity contribution in [2.75, 3.05) is 0 Å². The Bertz CT molecular complexity index is 802. The van der Waals surface area contributed by atoms with Crippen LogP contribution in [-0.2, 0) is 10.0 Å². The summed E-state index contributed by atoms with van der Waals surface area (Å²) in [4.78, 5) is 4.15. The van der Waals surface area contributed by atoms with E-state index in [1.54, 1.807) is 0 Å². The topological polar surface area (TPSA) is 112 Å². The quantitative estimate of drug-likeness (QED) is 0.787. The SMILES string of the molecule is NS(=O)(=O)c1cc(-c2nc(-c3ccsc3)no2)co1. The van der Waals surface area contributed by atoms with Gasteiger partial charge in [0.1, 0.15) is 6.26 Å². The van der Waals surface area contributed by atoms with Gasteiger partial charge in [-0.15, -0.1) is 0 Å². The molecule has 19 heavy (non-hydrogen) atoms. The van der Waals surface area contributed by atoms with Crippen LogP contribution in [0.4, 0.5) is 0 Å². The van der Waals surface area contributed by atoms with Crippen LogP contribution in [0.3, 0.4) is 0 Å². The van der Waals surface area contributed by atoms with Crippen LogP contribution < -0.4 is 5.14 Å². The first-order chi connectivity index (χ1) is 9.04. The second kappa shape index (κ2) is 4.30. The zero-order chi connectivity index (χ0) is 13.5. The summed E-state index contributed by atoms with van der Waals surface area (Å²) in [7, 11) is -3.88. The summed E-state index contributed by atoms with van der Waals surface area (Å²) in [6.07, 6.45) is 1.20. The van der Waals surface area contributed by atoms with Crippen molar-refractivity contribution in [3.63, 3.8) is 0 Å². The van der Waals surface area contributed by atoms with Gasteiger partial charge in [-0.3, -0.25) is 0 Å². The van der Waals surface area contributed by atoms with Crippen LogP contribution in [0.5, 0.6) is 0 Å². The number of aromatic nitrogens is 2. The minimum Gasteiger partial charge on any atom is -0.451 e. The first-order valence-corrected chi connectivity index (χ1v) is 7.51. The molecule has 7 nitrogen and oxygen atoms in total. The fourth-order valence-electron chi connectivity index (χ4n) is 1.43. The van der Waals surface area contributed by atoms with Crippen molar-refractivity contribution < 1.29 is 17.4 Å². The van der Waals surface area contributed by atoms with Gasteiger partial charge >= 0.3 is 0 Å². The molecule has 0 aliphatic carbocycles. The molecule has 9 heteroatoms. The highest BCUT2D eigenvalue weighted by Crippen LogP contribution is 2.25. The van der Waals surface area contributed by atoms with Crippen molar-refractivity contribution in [1.82, 2.24) is 10.1 Å². The highest BCUT2D eigenvalue weighted by molar-refractivity contribution is 7.89. The lowest BCUT2D eigenvalue weighted by Gasteiger charge is -1.86. The number of sulfonamides is 1. The molecule has 0 bridgehead atoms. The largest absolute Gasteiger partial charge is 0.451 e. The Morgan fingerprint density at radius 3 is 2.79 bits per heavy atom. The number of thiophene rings is 1. The summed E-state index contributed by atoms with van der Waals surface area (Å²) in [6.45, 7) is 0. The number of nitrogens with zero attached hydrogens (tertiary/aromatic N) is 2. The van der Waals surface area contributed by atoms with Gasteiger partial charge in [0, 0.05) is 17.0 Å². The third kappa shape index (κ3) is 2.30. The van der Waals surface area contributed by atoms with E-state index in [2.05, 4.69) is 10.1 Å². The van der Waals surface area contributed by atoms with Crippen molar-refractivity contribution in [3.8, 4) is 22.8 Å². The standard InChI is InChI=1S/C10H7N3O4S2/c11-19(14,15)8-3-7(4-16-8)10-12-9(13-17-10)6-1-2-18-5-6/h1-5H,(H2,11,14,15). The molecule has 3 aromatic heterocycles. The van der Waals surface area contributed by atoms with E-state index >= 15 is 0 Å². The second-order valence-electron chi connectivity index (χ2n) is 3.63.